The predicted molar refractivity (Wildman–Crippen MR) is 137 cm³/mol. The van der Waals surface area contributed by atoms with Crippen molar-refractivity contribution in [3.8, 4) is 11.4 Å². The first-order chi connectivity index (χ1) is 15.5. The highest BCUT2D eigenvalue weighted by Crippen LogP contribution is 2.34. The maximum atomic E-state index is 6.07. The van der Waals surface area contributed by atoms with Gasteiger partial charge in [-0.05, 0) is 73.7 Å². The summed E-state index contributed by atoms with van der Waals surface area (Å²) in [6, 6.07) is 17.2. The summed E-state index contributed by atoms with van der Waals surface area (Å²) in [5.74, 6) is 0.971. The minimum atomic E-state index is 0.656. The highest BCUT2D eigenvalue weighted by atomic mass is 79.9. The monoisotopic (exact) mass is 490 g/mol. The van der Waals surface area contributed by atoms with Crippen molar-refractivity contribution in [3.63, 3.8) is 0 Å². The van der Waals surface area contributed by atoms with E-state index in [1.165, 1.54) is 50.1 Å². The molecule has 0 aliphatic carbocycles. The summed E-state index contributed by atoms with van der Waals surface area (Å²) in [5.41, 5.74) is 8.66. The Kier molecular flexibility index (Phi) is 6.71. The van der Waals surface area contributed by atoms with Crippen LogP contribution in [-0.2, 0) is 19.3 Å². The normalized spacial score (nSPS) is 11.3. The van der Waals surface area contributed by atoms with Gasteiger partial charge in [0.05, 0.1) is 18.0 Å². The second-order valence-electron chi connectivity index (χ2n) is 8.25. The minimum Gasteiger partial charge on any atom is -0.494 e. The Morgan fingerprint density at radius 3 is 2.28 bits per heavy atom. The lowest BCUT2D eigenvalue weighted by Crippen LogP contribution is -2.07. The molecular formula is C28H31BrN2O. The molecule has 4 rings (SSSR count). The number of aryl methyl sites for hydroxylation is 3. The highest BCUT2D eigenvalue weighted by molar-refractivity contribution is 9.10. The van der Waals surface area contributed by atoms with E-state index < -0.39 is 0 Å². The maximum Gasteiger partial charge on any atom is 0.123 e. The van der Waals surface area contributed by atoms with Crippen molar-refractivity contribution < 1.29 is 4.74 Å². The molecule has 4 aromatic rings. The van der Waals surface area contributed by atoms with E-state index in [2.05, 4.69) is 96.8 Å². The van der Waals surface area contributed by atoms with Gasteiger partial charge in [-0.15, -0.1) is 0 Å². The van der Waals surface area contributed by atoms with Gasteiger partial charge in [-0.25, -0.2) is 4.68 Å². The molecule has 0 aliphatic rings. The molecule has 0 saturated carbocycles. The Hall–Kier alpha value is -2.59. The number of halogens is 1. The van der Waals surface area contributed by atoms with Crippen molar-refractivity contribution in [2.24, 2.45) is 0 Å². The van der Waals surface area contributed by atoms with E-state index in [1.54, 1.807) is 0 Å². The van der Waals surface area contributed by atoms with Gasteiger partial charge >= 0.3 is 0 Å². The Morgan fingerprint density at radius 2 is 1.62 bits per heavy atom. The number of fused-ring (bicyclic) bond motifs is 1. The van der Waals surface area contributed by atoms with Gasteiger partial charge in [-0.2, -0.15) is 5.10 Å². The van der Waals surface area contributed by atoms with Crippen LogP contribution in [0.1, 0.15) is 54.4 Å². The van der Waals surface area contributed by atoms with Crippen LogP contribution < -0.4 is 4.74 Å². The second-order valence-corrected chi connectivity index (χ2v) is 9.17. The van der Waals surface area contributed by atoms with Gasteiger partial charge < -0.3 is 4.74 Å². The molecule has 4 heteroatoms. The molecular weight excluding hydrogens is 460 g/mol. The summed E-state index contributed by atoms with van der Waals surface area (Å²) < 4.78 is 9.37. The van der Waals surface area contributed by atoms with E-state index in [-0.39, 0.29) is 0 Å². The standard InChI is InChI=1S/C28H31BrN2O/c1-6-25-24(17-23-22-12-10-9-11-20(22)13-14-27(23)32-8-3)26(7-2)31(30-25)28-18(4)15-21(29)16-19(28)5/h9-16H,6-8,17H2,1-5H3. The van der Waals surface area contributed by atoms with E-state index in [9.17, 15) is 0 Å². The SMILES string of the molecule is CCOc1ccc2ccccc2c1Cc1c(CC)nn(-c2c(C)cc(Br)cc2C)c1CC. The molecule has 0 amide bonds. The average molecular weight is 491 g/mol. The van der Waals surface area contributed by atoms with Crippen molar-refractivity contribution in [1.29, 1.82) is 0 Å². The number of hydrogen-bond donors (Lipinski definition) is 0. The molecule has 3 nitrogen and oxygen atoms in total. The molecule has 0 unspecified atom stereocenters. The van der Waals surface area contributed by atoms with E-state index >= 15 is 0 Å². The third kappa shape index (κ3) is 4.09. The largest absolute Gasteiger partial charge is 0.494 e. The molecule has 0 spiro atoms. The van der Waals surface area contributed by atoms with Gasteiger partial charge in [0.2, 0.25) is 0 Å². The van der Waals surface area contributed by atoms with E-state index in [4.69, 9.17) is 9.84 Å². The summed E-state index contributed by atoms with van der Waals surface area (Å²) in [4.78, 5) is 0. The molecule has 0 saturated heterocycles. The van der Waals surface area contributed by atoms with E-state index in [0.29, 0.717) is 6.61 Å². The van der Waals surface area contributed by atoms with Crippen molar-refractivity contribution in [3.05, 3.63) is 86.6 Å². The molecule has 1 aromatic heterocycles. The predicted octanol–water partition coefficient (Wildman–Crippen LogP) is 7.52. The van der Waals surface area contributed by atoms with E-state index in [1.807, 2.05) is 6.92 Å². The van der Waals surface area contributed by atoms with Gasteiger partial charge in [0.25, 0.3) is 0 Å². The van der Waals surface area contributed by atoms with Crippen LogP contribution in [0.5, 0.6) is 5.75 Å². The third-order valence-electron chi connectivity index (χ3n) is 6.16. The van der Waals surface area contributed by atoms with Crippen molar-refractivity contribution in [1.82, 2.24) is 9.78 Å². The molecule has 166 valence electrons. The molecule has 0 atom stereocenters. The molecule has 0 radical (unpaired) electrons. The third-order valence-corrected chi connectivity index (χ3v) is 6.62. The summed E-state index contributed by atoms with van der Waals surface area (Å²) in [6.07, 6.45) is 2.64. The smallest absolute Gasteiger partial charge is 0.123 e. The summed E-state index contributed by atoms with van der Waals surface area (Å²) in [7, 11) is 0. The first kappa shape index (κ1) is 22.6. The van der Waals surface area contributed by atoms with Crippen molar-refractivity contribution in [2.45, 2.75) is 53.9 Å². The van der Waals surface area contributed by atoms with Crippen LogP contribution in [0.3, 0.4) is 0 Å². The lowest BCUT2D eigenvalue weighted by Gasteiger charge is -2.16. The van der Waals surface area contributed by atoms with Crippen molar-refractivity contribution in [2.75, 3.05) is 6.61 Å². The first-order valence-electron chi connectivity index (χ1n) is 11.5. The fourth-order valence-corrected chi connectivity index (χ4v) is 5.46. The molecule has 0 aliphatic heterocycles. The zero-order valence-corrected chi connectivity index (χ0v) is 21.2. The molecule has 0 N–H and O–H groups in total. The minimum absolute atomic E-state index is 0.656. The lowest BCUT2D eigenvalue weighted by atomic mass is 9.95. The van der Waals surface area contributed by atoms with Crippen LogP contribution >= 0.6 is 15.9 Å². The number of benzene rings is 3. The summed E-state index contributed by atoms with van der Waals surface area (Å²) >= 11 is 3.63. The van der Waals surface area contributed by atoms with Gasteiger partial charge in [-0.1, -0.05) is 60.1 Å². The number of hydrogen-bond acceptors (Lipinski definition) is 2. The van der Waals surface area contributed by atoms with Gasteiger partial charge in [0.15, 0.2) is 0 Å². The Morgan fingerprint density at radius 1 is 0.906 bits per heavy atom. The van der Waals surface area contributed by atoms with Crippen LogP contribution in [0.25, 0.3) is 16.5 Å². The Labute approximate surface area is 199 Å². The van der Waals surface area contributed by atoms with E-state index in [0.717, 1.165) is 29.5 Å². The first-order valence-corrected chi connectivity index (χ1v) is 12.3. The lowest BCUT2D eigenvalue weighted by molar-refractivity contribution is 0.337. The number of ether oxygens (including phenoxy) is 1. The van der Waals surface area contributed by atoms with Crippen LogP contribution in [0.2, 0.25) is 0 Å². The molecule has 0 fully saturated rings. The quantitative estimate of drug-likeness (QED) is 0.267. The van der Waals surface area contributed by atoms with Crippen molar-refractivity contribution >= 4 is 26.7 Å². The summed E-state index contributed by atoms with van der Waals surface area (Å²) in [5, 5.41) is 7.63. The number of aromatic nitrogens is 2. The van der Waals surface area contributed by atoms with Crippen LogP contribution in [-0.4, -0.2) is 16.4 Å². The van der Waals surface area contributed by atoms with Crippen LogP contribution in [0.15, 0.2) is 53.0 Å². The molecule has 3 aromatic carbocycles. The average Bonchev–Trinajstić information content (AvgIpc) is 3.11. The molecule has 32 heavy (non-hydrogen) atoms. The summed E-state index contributed by atoms with van der Waals surface area (Å²) in [6.45, 7) is 11.5. The Balaban J connectivity index is 1.93. The van der Waals surface area contributed by atoms with Gasteiger partial charge in [0.1, 0.15) is 5.75 Å². The fourth-order valence-electron chi connectivity index (χ4n) is 4.78. The maximum absolute atomic E-state index is 6.07. The zero-order valence-electron chi connectivity index (χ0n) is 19.6. The Bertz CT molecular complexity index is 1250. The molecule has 1 heterocycles. The molecule has 0 bridgehead atoms. The van der Waals surface area contributed by atoms with Gasteiger partial charge in [-0.3, -0.25) is 0 Å². The topological polar surface area (TPSA) is 27.1 Å². The highest BCUT2D eigenvalue weighted by Gasteiger charge is 2.21. The number of nitrogens with zero attached hydrogens (tertiary/aromatic N) is 2. The number of rotatable bonds is 7. The van der Waals surface area contributed by atoms with Gasteiger partial charge in [0, 0.05) is 27.7 Å². The van der Waals surface area contributed by atoms with Crippen LogP contribution in [0.4, 0.5) is 0 Å². The second kappa shape index (κ2) is 9.50. The fraction of sp³-hybridized carbons (Fsp3) is 0.321. The van der Waals surface area contributed by atoms with Crippen LogP contribution in [0, 0.1) is 13.8 Å². The zero-order chi connectivity index (χ0) is 22.8.